The number of carbonyl (C=O) groups excluding carboxylic acids is 2. The van der Waals surface area contributed by atoms with Crippen molar-refractivity contribution in [3.05, 3.63) is 59.7 Å². The Morgan fingerprint density at radius 3 is 2.80 bits per heavy atom. The minimum atomic E-state index is -1.84. The molecule has 7 nitrogen and oxygen atoms in total. The summed E-state index contributed by atoms with van der Waals surface area (Å²) in [6.45, 7) is 0. The van der Waals surface area contributed by atoms with Gasteiger partial charge in [-0.05, 0) is 48.6 Å². The van der Waals surface area contributed by atoms with Crippen molar-refractivity contribution in [3.63, 3.8) is 0 Å². The molecule has 4 rings (SSSR count). The molecule has 1 saturated carbocycles. The Kier molecular flexibility index (Phi) is 5.11. The molecular formula is C22H22FN3O4. The van der Waals surface area contributed by atoms with Crippen molar-refractivity contribution in [2.24, 2.45) is 11.7 Å². The molecule has 30 heavy (non-hydrogen) atoms. The topological polar surface area (TPSA) is 114 Å². The molecule has 1 aromatic carbocycles. The van der Waals surface area contributed by atoms with E-state index >= 15 is 0 Å². The molecule has 3 N–H and O–H groups in total. The fourth-order valence-electron chi connectivity index (χ4n) is 5.11. The molecular weight excluding hydrogens is 389 g/mol. The zero-order valence-corrected chi connectivity index (χ0v) is 16.2. The summed E-state index contributed by atoms with van der Waals surface area (Å²) in [6, 6.07) is 6.92. The summed E-state index contributed by atoms with van der Waals surface area (Å²) in [5.41, 5.74) is 5.63. The van der Waals surface area contributed by atoms with Crippen molar-refractivity contribution in [1.29, 1.82) is 0 Å². The average Bonchev–Trinajstić information content (AvgIpc) is 3.20. The fraction of sp³-hybridized carbons (Fsp3) is 0.364. The molecule has 2 aromatic rings. The van der Waals surface area contributed by atoms with Gasteiger partial charge in [-0.25, -0.2) is 4.39 Å². The number of benzene rings is 1. The van der Waals surface area contributed by atoms with Gasteiger partial charge in [-0.15, -0.1) is 0 Å². The Hall–Kier alpha value is -3.13. The number of fused-ring (bicyclic) bond motifs is 2. The van der Waals surface area contributed by atoms with E-state index < -0.39 is 23.2 Å². The van der Waals surface area contributed by atoms with E-state index in [9.17, 15) is 23.9 Å². The molecule has 1 aliphatic carbocycles. The zero-order chi connectivity index (χ0) is 21.5. The number of nitrogens with two attached hydrogens (primary N) is 1. The van der Waals surface area contributed by atoms with Crippen LogP contribution in [0.25, 0.3) is 0 Å². The average molecular weight is 411 g/mol. The highest BCUT2D eigenvalue weighted by Gasteiger charge is 2.55. The summed E-state index contributed by atoms with van der Waals surface area (Å²) in [5, 5.41) is 9.92. The number of carboxylic acids is 1. The molecule has 4 unspecified atom stereocenters. The molecule has 1 aliphatic heterocycles. The van der Waals surface area contributed by atoms with Crippen LogP contribution in [-0.4, -0.2) is 39.8 Å². The third-order valence-electron chi connectivity index (χ3n) is 6.38. The van der Waals surface area contributed by atoms with Crippen LogP contribution in [0.4, 0.5) is 10.1 Å². The number of carbonyl (C=O) groups is 3. The molecule has 0 spiro atoms. The highest BCUT2D eigenvalue weighted by Crippen LogP contribution is 2.53. The van der Waals surface area contributed by atoms with Crippen LogP contribution in [0.1, 0.15) is 47.5 Å². The number of carboxylic acid groups (broad SMARTS) is 1. The summed E-state index contributed by atoms with van der Waals surface area (Å²) < 4.78 is 14.3. The summed E-state index contributed by atoms with van der Waals surface area (Å²) in [6.07, 6.45) is 5.22. The van der Waals surface area contributed by atoms with Gasteiger partial charge in [0.25, 0.3) is 5.91 Å². The Morgan fingerprint density at radius 2 is 2.13 bits per heavy atom. The van der Waals surface area contributed by atoms with Crippen molar-refractivity contribution >= 4 is 23.9 Å². The van der Waals surface area contributed by atoms with Crippen LogP contribution in [0.15, 0.2) is 42.7 Å². The van der Waals surface area contributed by atoms with E-state index in [0.717, 1.165) is 6.42 Å². The van der Waals surface area contributed by atoms with Crippen molar-refractivity contribution in [2.75, 3.05) is 4.90 Å². The van der Waals surface area contributed by atoms with Crippen LogP contribution in [0.3, 0.4) is 0 Å². The predicted octanol–water partition coefficient (Wildman–Crippen LogP) is 2.50. The summed E-state index contributed by atoms with van der Waals surface area (Å²) in [4.78, 5) is 42.4. The van der Waals surface area contributed by atoms with Gasteiger partial charge in [0.15, 0.2) is 0 Å². The molecule has 1 aromatic heterocycles. The van der Waals surface area contributed by atoms with Gasteiger partial charge in [0.2, 0.25) is 0 Å². The second-order valence-electron chi connectivity index (χ2n) is 7.98. The van der Waals surface area contributed by atoms with Gasteiger partial charge in [-0.3, -0.25) is 14.6 Å². The normalized spacial score (nSPS) is 24.5. The monoisotopic (exact) mass is 411 g/mol. The first-order valence-corrected chi connectivity index (χ1v) is 9.87. The number of aliphatic carboxylic acids is 1. The van der Waals surface area contributed by atoms with Crippen molar-refractivity contribution in [2.45, 2.75) is 43.2 Å². The molecule has 0 saturated heterocycles. The number of aldehydes is 1. The summed E-state index contributed by atoms with van der Waals surface area (Å²) in [7, 11) is 0. The predicted molar refractivity (Wildman–Crippen MR) is 107 cm³/mol. The number of rotatable bonds is 5. The number of amides is 1. The molecule has 0 radical (unpaired) electrons. The van der Waals surface area contributed by atoms with Crippen LogP contribution in [0, 0.1) is 11.7 Å². The standard InChI is InChI=1S/C22H22FN3O4/c23-14-6-7-16-18(11-14)26(20(28)13-3-2-9-25-12-13)17-5-1-4-15(17)19(16)22(24,8-10-27)21(29)30/h2-3,6-7,9-12,15,17,19H,1,4-5,8,24H2,(H,29,30). The molecule has 8 heteroatoms. The molecule has 2 heterocycles. The number of aromatic nitrogens is 1. The van der Waals surface area contributed by atoms with Gasteiger partial charge in [-0.1, -0.05) is 12.5 Å². The van der Waals surface area contributed by atoms with Crippen LogP contribution < -0.4 is 10.6 Å². The largest absolute Gasteiger partial charge is 0.480 e. The van der Waals surface area contributed by atoms with Gasteiger partial charge >= 0.3 is 5.97 Å². The number of anilines is 1. The Bertz CT molecular complexity index is 999. The molecule has 1 fully saturated rings. The maximum absolute atomic E-state index is 14.3. The van der Waals surface area contributed by atoms with Crippen molar-refractivity contribution in [3.8, 4) is 0 Å². The van der Waals surface area contributed by atoms with E-state index in [-0.39, 0.29) is 24.3 Å². The first kappa shape index (κ1) is 20.2. The van der Waals surface area contributed by atoms with Crippen molar-refractivity contribution in [1.82, 2.24) is 4.98 Å². The maximum Gasteiger partial charge on any atom is 0.324 e. The highest BCUT2D eigenvalue weighted by molar-refractivity contribution is 6.07. The fourth-order valence-corrected chi connectivity index (χ4v) is 5.11. The van der Waals surface area contributed by atoms with E-state index in [1.54, 1.807) is 23.2 Å². The van der Waals surface area contributed by atoms with Crippen molar-refractivity contribution < 1.29 is 23.9 Å². The Labute approximate surface area is 172 Å². The lowest BCUT2D eigenvalue weighted by Gasteiger charge is -2.48. The van der Waals surface area contributed by atoms with Gasteiger partial charge in [0.1, 0.15) is 17.6 Å². The lowest BCUT2D eigenvalue weighted by Crippen LogP contribution is -2.60. The lowest BCUT2D eigenvalue weighted by molar-refractivity contribution is -0.146. The molecule has 4 atom stereocenters. The van der Waals surface area contributed by atoms with Crippen LogP contribution in [0.2, 0.25) is 0 Å². The van der Waals surface area contributed by atoms with Gasteiger partial charge < -0.3 is 20.5 Å². The lowest BCUT2D eigenvalue weighted by atomic mass is 9.66. The Morgan fingerprint density at radius 1 is 1.33 bits per heavy atom. The second kappa shape index (κ2) is 7.60. The van der Waals surface area contributed by atoms with Crippen LogP contribution >= 0.6 is 0 Å². The van der Waals surface area contributed by atoms with E-state index in [1.165, 1.54) is 24.4 Å². The minimum Gasteiger partial charge on any atom is -0.480 e. The second-order valence-corrected chi connectivity index (χ2v) is 7.98. The van der Waals surface area contributed by atoms with E-state index in [0.29, 0.717) is 35.9 Å². The SMILES string of the molecule is NC(CC=O)(C(=O)O)C1c2ccc(F)cc2N(C(=O)c2cccnc2)C2CCCC21. The van der Waals surface area contributed by atoms with Gasteiger partial charge in [-0.2, -0.15) is 0 Å². The number of hydrogen-bond acceptors (Lipinski definition) is 5. The molecule has 2 aliphatic rings. The third kappa shape index (κ3) is 3.08. The number of nitrogens with zero attached hydrogens (tertiary/aromatic N) is 2. The molecule has 156 valence electrons. The van der Waals surface area contributed by atoms with Crippen LogP contribution in [0.5, 0.6) is 0 Å². The first-order chi connectivity index (χ1) is 14.4. The first-order valence-electron chi connectivity index (χ1n) is 9.87. The molecule has 0 bridgehead atoms. The number of pyridine rings is 1. The minimum absolute atomic E-state index is 0.260. The zero-order valence-electron chi connectivity index (χ0n) is 16.2. The Balaban J connectivity index is 1.91. The smallest absolute Gasteiger partial charge is 0.324 e. The quantitative estimate of drug-likeness (QED) is 0.731. The summed E-state index contributed by atoms with van der Waals surface area (Å²) in [5.74, 6) is -3.13. The highest BCUT2D eigenvalue weighted by atomic mass is 19.1. The number of hydrogen-bond donors (Lipinski definition) is 2. The van der Waals surface area contributed by atoms with E-state index in [4.69, 9.17) is 5.73 Å². The van der Waals surface area contributed by atoms with Gasteiger partial charge in [0, 0.05) is 30.8 Å². The third-order valence-corrected chi connectivity index (χ3v) is 6.38. The summed E-state index contributed by atoms with van der Waals surface area (Å²) >= 11 is 0. The van der Waals surface area contributed by atoms with Gasteiger partial charge in [0.05, 0.1) is 11.3 Å². The van der Waals surface area contributed by atoms with Crippen LogP contribution in [-0.2, 0) is 9.59 Å². The van der Waals surface area contributed by atoms with E-state index in [2.05, 4.69) is 4.98 Å². The molecule has 1 amide bonds. The number of halogens is 1. The maximum atomic E-state index is 14.3. The van der Waals surface area contributed by atoms with E-state index in [1.807, 2.05) is 0 Å².